The number of hydrogen-bond donors (Lipinski definition) is 1. The van der Waals surface area contributed by atoms with Crippen LogP contribution in [0.3, 0.4) is 0 Å². The van der Waals surface area contributed by atoms with Crippen LogP contribution < -0.4 is 0 Å². The zero-order chi connectivity index (χ0) is 13.8. The zero-order valence-electron chi connectivity index (χ0n) is 12.9. The molecule has 0 aromatic carbocycles. The Bertz CT molecular complexity index is 186. The highest BCUT2D eigenvalue weighted by molar-refractivity contribution is 4.72. The van der Waals surface area contributed by atoms with Gasteiger partial charge in [-0.15, -0.1) is 0 Å². The van der Waals surface area contributed by atoms with Crippen molar-refractivity contribution < 1.29 is 9.84 Å². The molecular formula is C17H34O2. The van der Waals surface area contributed by atoms with Crippen molar-refractivity contribution in [3.8, 4) is 0 Å². The number of aliphatic hydroxyl groups excluding tert-OH is 1. The Morgan fingerprint density at radius 2 is 1.42 bits per heavy atom. The lowest BCUT2D eigenvalue weighted by Gasteiger charge is -2.27. The number of hydrogen-bond acceptors (Lipinski definition) is 2. The third-order valence-corrected chi connectivity index (χ3v) is 4.40. The van der Waals surface area contributed by atoms with E-state index in [4.69, 9.17) is 9.84 Å². The lowest BCUT2D eigenvalue weighted by Crippen LogP contribution is -2.23. The summed E-state index contributed by atoms with van der Waals surface area (Å²) in [6, 6.07) is 0. The molecule has 0 aromatic rings. The van der Waals surface area contributed by atoms with Gasteiger partial charge in [-0.05, 0) is 38.0 Å². The SMILES string of the molecule is CCCCCCCCCCOC1CCC(CO)CC1. The average molecular weight is 270 g/mol. The summed E-state index contributed by atoms with van der Waals surface area (Å²) < 4.78 is 5.94. The van der Waals surface area contributed by atoms with Crippen LogP contribution in [0.4, 0.5) is 0 Å². The van der Waals surface area contributed by atoms with Gasteiger partial charge in [0.05, 0.1) is 6.10 Å². The molecule has 2 nitrogen and oxygen atoms in total. The minimum absolute atomic E-state index is 0.366. The van der Waals surface area contributed by atoms with Crippen molar-refractivity contribution in [1.29, 1.82) is 0 Å². The van der Waals surface area contributed by atoms with Crippen LogP contribution in [0.5, 0.6) is 0 Å². The minimum Gasteiger partial charge on any atom is -0.396 e. The molecule has 0 bridgehead atoms. The zero-order valence-corrected chi connectivity index (χ0v) is 12.9. The van der Waals surface area contributed by atoms with Crippen molar-refractivity contribution in [3.63, 3.8) is 0 Å². The molecule has 1 N–H and O–H groups in total. The van der Waals surface area contributed by atoms with Gasteiger partial charge in [-0.2, -0.15) is 0 Å². The molecular weight excluding hydrogens is 236 g/mol. The van der Waals surface area contributed by atoms with Gasteiger partial charge >= 0.3 is 0 Å². The maximum atomic E-state index is 9.09. The summed E-state index contributed by atoms with van der Waals surface area (Å²) in [5.74, 6) is 0.544. The third kappa shape index (κ3) is 8.65. The number of rotatable bonds is 11. The first-order chi connectivity index (χ1) is 9.36. The topological polar surface area (TPSA) is 29.5 Å². The van der Waals surface area contributed by atoms with E-state index in [1.807, 2.05) is 0 Å². The Morgan fingerprint density at radius 3 is 2.00 bits per heavy atom. The van der Waals surface area contributed by atoms with Gasteiger partial charge in [0, 0.05) is 13.2 Å². The molecule has 1 saturated carbocycles. The first-order valence-corrected chi connectivity index (χ1v) is 8.59. The standard InChI is InChI=1S/C17H34O2/c1-2-3-4-5-6-7-8-9-14-19-17-12-10-16(15-18)11-13-17/h16-18H,2-15H2,1H3. The Labute approximate surface area is 119 Å². The second-order valence-corrected chi connectivity index (χ2v) is 6.17. The summed E-state index contributed by atoms with van der Waals surface area (Å²) >= 11 is 0. The largest absolute Gasteiger partial charge is 0.396 e. The van der Waals surface area contributed by atoms with Gasteiger partial charge in [-0.25, -0.2) is 0 Å². The summed E-state index contributed by atoms with van der Waals surface area (Å²) in [4.78, 5) is 0. The maximum absolute atomic E-state index is 9.09. The lowest BCUT2D eigenvalue weighted by molar-refractivity contribution is 0.00963. The van der Waals surface area contributed by atoms with Crippen LogP contribution in [0.1, 0.15) is 84.0 Å². The monoisotopic (exact) mass is 270 g/mol. The molecule has 0 aliphatic heterocycles. The highest BCUT2D eigenvalue weighted by atomic mass is 16.5. The van der Waals surface area contributed by atoms with E-state index in [2.05, 4.69) is 6.92 Å². The van der Waals surface area contributed by atoms with E-state index in [-0.39, 0.29) is 0 Å². The predicted octanol–water partition coefficient (Wildman–Crippen LogP) is 4.69. The van der Waals surface area contributed by atoms with E-state index in [9.17, 15) is 0 Å². The van der Waals surface area contributed by atoms with Gasteiger partial charge in [0.1, 0.15) is 0 Å². The number of aliphatic hydroxyl groups is 1. The molecule has 19 heavy (non-hydrogen) atoms. The fourth-order valence-electron chi connectivity index (χ4n) is 2.97. The molecule has 0 unspecified atom stereocenters. The van der Waals surface area contributed by atoms with E-state index < -0.39 is 0 Å². The molecule has 0 aromatic heterocycles. The van der Waals surface area contributed by atoms with E-state index in [0.29, 0.717) is 18.6 Å². The summed E-state index contributed by atoms with van der Waals surface area (Å²) in [6.07, 6.45) is 16.0. The van der Waals surface area contributed by atoms with Crippen molar-refractivity contribution >= 4 is 0 Å². The van der Waals surface area contributed by atoms with Gasteiger partial charge in [-0.1, -0.05) is 51.9 Å². The lowest BCUT2D eigenvalue weighted by atomic mass is 9.88. The van der Waals surface area contributed by atoms with Crippen LogP contribution >= 0.6 is 0 Å². The second-order valence-electron chi connectivity index (χ2n) is 6.17. The molecule has 1 aliphatic carbocycles. The molecule has 0 radical (unpaired) electrons. The Balaban J connectivity index is 1.81. The van der Waals surface area contributed by atoms with Crippen molar-refractivity contribution in [2.24, 2.45) is 5.92 Å². The fraction of sp³-hybridized carbons (Fsp3) is 1.00. The third-order valence-electron chi connectivity index (χ3n) is 4.40. The first-order valence-electron chi connectivity index (χ1n) is 8.59. The van der Waals surface area contributed by atoms with Crippen molar-refractivity contribution in [2.75, 3.05) is 13.2 Å². The molecule has 114 valence electrons. The fourth-order valence-corrected chi connectivity index (χ4v) is 2.97. The van der Waals surface area contributed by atoms with Crippen molar-refractivity contribution in [1.82, 2.24) is 0 Å². The van der Waals surface area contributed by atoms with Crippen LogP contribution in [0.2, 0.25) is 0 Å². The van der Waals surface area contributed by atoms with Gasteiger partial charge in [-0.3, -0.25) is 0 Å². The van der Waals surface area contributed by atoms with E-state index in [1.54, 1.807) is 0 Å². The summed E-state index contributed by atoms with van der Waals surface area (Å²) in [5.41, 5.74) is 0. The molecule has 0 atom stereocenters. The van der Waals surface area contributed by atoms with Crippen LogP contribution in [-0.4, -0.2) is 24.4 Å². The van der Waals surface area contributed by atoms with E-state index in [0.717, 1.165) is 32.3 Å². The molecule has 1 aliphatic rings. The van der Waals surface area contributed by atoms with Crippen molar-refractivity contribution in [2.45, 2.75) is 90.1 Å². The van der Waals surface area contributed by atoms with Crippen molar-refractivity contribution in [3.05, 3.63) is 0 Å². The maximum Gasteiger partial charge on any atom is 0.0575 e. The summed E-state index contributed by atoms with van der Waals surface area (Å²) in [7, 11) is 0. The number of ether oxygens (including phenoxy) is 1. The molecule has 1 rings (SSSR count). The minimum atomic E-state index is 0.366. The smallest absolute Gasteiger partial charge is 0.0575 e. The molecule has 0 amide bonds. The van der Waals surface area contributed by atoms with Gasteiger partial charge in [0.25, 0.3) is 0 Å². The number of unbranched alkanes of at least 4 members (excludes halogenated alkanes) is 7. The molecule has 0 saturated heterocycles. The van der Waals surface area contributed by atoms with Crippen LogP contribution in [0.25, 0.3) is 0 Å². The Hall–Kier alpha value is -0.0800. The molecule has 0 heterocycles. The van der Waals surface area contributed by atoms with Crippen LogP contribution in [-0.2, 0) is 4.74 Å². The van der Waals surface area contributed by atoms with E-state index in [1.165, 1.54) is 51.4 Å². The highest BCUT2D eigenvalue weighted by Gasteiger charge is 2.20. The van der Waals surface area contributed by atoms with Gasteiger partial charge < -0.3 is 9.84 Å². The van der Waals surface area contributed by atoms with Gasteiger partial charge in [0.15, 0.2) is 0 Å². The normalized spacial score (nSPS) is 23.7. The predicted molar refractivity (Wildman–Crippen MR) is 81.4 cm³/mol. The van der Waals surface area contributed by atoms with Gasteiger partial charge in [0.2, 0.25) is 0 Å². The summed E-state index contributed by atoms with van der Waals surface area (Å²) in [6.45, 7) is 3.58. The summed E-state index contributed by atoms with van der Waals surface area (Å²) in [5, 5.41) is 9.09. The first kappa shape index (κ1) is 17.0. The van der Waals surface area contributed by atoms with Crippen LogP contribution in [0, 0.1) is 5.92 Å². The Morgan fingerprint density at radius 1 is 0.842 bits per heavy atom. The quantitative estimate of drug-likeness (QED) is 0.552. The Kier molecular flexibility index (Phi) is 10.5. The second kappa shape index (κ2) is 11.7. The van der Waals surface area contributed by atoms with E-state index >= 15 is 0 Å². The molecule has 1 fully saturated rings. The molecule has 0 spiro atoms. The highest BCUT2D eigenvalue weighted by Crippen LogP contribution is 2.25. The molecule has 2 heteroatoms. The average Bonchev–Trinajstić information content (AvgIpc) is 2.46. The van der Waals surface area contributed by atoms with Crippen LogP contribution in [0.15, 0.2) is 0 Å².